The number of likely N-dealkylation sites (N-methyl/N-ethyl adjacent to an activating group) is 2. The fraction of sp³-hybridized carbons (Fsp3) is 0.316. The number of hydrogen-bond acceptors (Lipinski definition) is 9. The maximum Gasteiger partial charge on any atom is 0.233 e. The smallest absolute Gasteiger partial charge is 0.233 e. The third kappa shape index (κ3) is 6.42. The van der Waals surface area contributed by atoms with Gasteiger partial charge in [-0.2, -0.15) is 4.98 Å². The SMILES string of the molecule is CN(C)CCN(C)c1ncnc(Nc2ncc(CC(=O)Nc3cccc(F)c3)s2)n1. The van der Waals surface area contributed by atoms with Gasteiger partial charge in [0.05, 0.1) is 6.42 Å². The second kappa shape index (κ2) is 10.0. The highest BCUT2D eigenvalue weighted by Gasteiger charge is 2.11. The lowest BCUT2D eigenvalue weighted by molar-refractivity contribution is -0.115. The summed E-state index contributed by atoms with van der Waals surface area (Å²) in [6.45, 7) is 1.65. The Morgan fingerprint density at radius 3 is 2.77 bits per heavy atom. The molecule has 3 rings (SSSR count). The summed E-state index contributed by atoms with van der Waals surface area (Å²) in [6.07, 6.45) is 3.19. The van der Waals surface area contributed by atoms with Crippen LogP contribution in [-0.4, -0.2) is 65.0 Å². The van der Waals surface area contributed by atoms with Crippen LogP contribution in [-0.2, 0) is 11.2 Å². The molecule has 0 spiro atoms. The highest BCUT2D eigenvalue weighted by atomic mass is 32.1. The van der Waals surface area contributed by atoms with Crippen LogP contribution in [0.2, 0.25) is 0 Å². The standard InChI is InChI=1S/C19H23FN8OS/c1-27(2)7-8-28(3)18-23-12-22-17(25-18)26-19-21-11-15(30-19)10-16(29)24-14-6-4-5-13(20)9-14/h4-6,9,11-12H,7-8,10H2,1-3H3,(H,24,29)(H,21,22,23,25,26). The first-order valence-electron chi connectivity index (χ1n) is 9.21. The quantitative estimate of drug-likeness (QED) is 0.534. The van der Waals surface area contributed by atoms with Gasteiger partial charge < -0.3 is 15.1 Å². The van der Waals surface area contributed by atoms with Gasteiger partial charge in [0.15, 0.2) is 5.13 Å². The van der Waals surface area contributed by atoms with Crippen LogP contribution in [0.25, 0.3) is 0 Å². The number of nitrogens with zero attached hydrogens (tertiary/aromatic N) is 6. The molecule has 0 bridgehead atoms. The molecular weight excluding hydrogens is 407 g/mol. The molecule has 158 valence electrons. The predicted molar refractivity (Wildman–Crippen MR) is 116 cm³/mol. The van der Waals surface area contributed by atoms with Gasteiger partial charge in [-0.15, -0.1) is 11.3 Å². The van der Waals surface area contributed by atoms with Crippen LogP contribution in [0, 0.1) is 5.82 Å². The molecular formula is C19H23FN8OS. The van der Waals surface area contributed by atoms with Crippen LogP contribution in [0.4, 0.5) is 27.1 Å². The summed E-state index contributed by atoms with van der Waals surface area (Å²) in [5, 5.41) is 6.28. The predicted octanol–water partition coefficient (Wildman–Crippen LogP) is 2.39. The molecule has 3 aromatic rings. The van der Waals surface area contributed by atoms with Crippen LogP contribution in [0.1, 0.15) is 4.88 Å². The second-order valence-corrected chi connectivity index (χ2v) is 7.94. The van der Waals surface area contributed by atoms with E-state index in [1.54, 1.807) is 18.3 Å². The van der Waals surface area contributed by atoms with Gasteiger partial charge in [-0.05, 0) is 32.3 Å². The lowest BCUT2D eigenvalue weighted by Gasteiger charge is -2.19. The van der Waals surface area contributed by atoms with Gasteiger partial charge >= 0.3 is 0 Å². The summed E-state index contributed by atoms with van der Waals surface area (Å²) in [5.74, 6) is 0.282. The number of carbonyl (C=O) groups is 1. The molecule has 1 amide bonds. The molecule has 0 unspecified atom stereocenters. The fourth-order valence-electron chi connectivity index (χ4n) is 2.45. The molecule has 0 saturated heterocycles. The number of hydrogen-bond donors (Lipinski definition) is 2. The normalized spacial score (nSPS) is 10.8. The van der Waals surface area contributed by atoms with E-state index >= 15 is 0 Å². The van der Waals surface area contributed by atoms with Gasteiger partial charge in [-0.1, -0.05) is 6.07 Å². The third-order valence-electron chi connectivity index (χ3n) is 4.00. The largest absolute Gasteiger partial charge is 0.342 e. The van der Waals surface area contributed by atoms with Gasteiger partial charge in [0.1, 0.15) is 12.1 Å². The van der Waals surface area contributed by atoms with E-state index < -0.39 is 5.82 Å². The first-order chi connectivity index (χ1) is 14.4. The summed E-state index contributed by atoms with van der Waals surface area (Å²) < 4.78 is 13.2. The van der Waals surface area contributed by atoms with Crippen molar-refractivity contribution in [2.24, 2.45) is 0 Å². The van der Waals surface area contributed by atoms with E-state index in [-0.39, 0.29) is 12.3 Å². The molecule has 0 radical (unpaired) electrons. The highest BCUT2D eigenvalue weighted by Crippen LogP contribution is 2.22. The summed E-state index contributed by atoms with van der Waals surface area (Å²) in [7, 11) is 5.93. The molecule has 0 atom stereocenters. The van der Waals surface area contributed by atoms with Crippen molar-refractivity contribution in [3.05, 3.63) is 47.5 Å². The van der Waals surface area contributed by atoms with E-state index in [1.165, 1.54) is 29.8 Å². The number of benzene rings is 1. The van der Waals surface area contributed by atoms with Crippen molar-refractivity contribution in [3.63, 3.8) is 0 Å². The maximum absolute atomic E-state index is 13.2. The zero-order chi connectivity index (χ0) is 21.5. The number of carbonyl (C=O) groups excluding carboxylic acids is 1. The van der Waals surface area contributed by atoms with Crippen LogP contribution < -0.4 is 15.5 Å². The van der Waals surface area contributed by atoms with Crippen molar-refractivity contribution in [1.82, 2.24) is 24.8 Å². The number of amides is 1. The summed E-state index contributed by atoms with van der Waals surface area (Å²) in [6, 6.07) is 5.77. The Morgan fingerprint density at radius 2 is 2.00 bits per heavy atom. The van der Waals surface area contributed by atoms with Crippen molar-refractivity contribution < 1.29 is 9.18 Å². The summed E-state index contributed by atoms with van der Waals surface area (Å²) >= 11 is 1.32. The van der Waals surface area contributed by atoms with Crippen molar-refractivity contribution in [3.8, 4) is 0 Å². The Bertz CT molecular complexity index is 996. The minimum absolute atomic E-state index is 0.131. The Balaban J connectivity index is 1.57. The molecule has 1 aromatic carbocycles. The summed E-state index contributed by atoms with van der Waals surface area (Å²) in [5.41, 5.74) is 0.416. The topological polar surface area (TPSA) is 99.2 Å². The van der Waals surface area contributed by atoms with Crippen LogP contribution in [0.15, 0.2) is 36.8 Å². The highest BCUT2D eigenvalue weighted by molar-refractivity contribution is 7.15. The van der Waals surface area contributed by atoms with E-state index in [4.69, 9.17) is 0 Å². The molecule has 0 aliphatic rings. The average Bonchev–Trinajstić information content (AvgIpc) is 3.12. The van der Waals surface area contributed by atoms with Gasteiger partial charge in [-0.25, -0.2) is 19.3 Å². The third-order valence-corrected chi connectivity index (χ3v) is 4.91. The maximum atomic E-state index is 13.2. The number of nitrogens with one attached hydrogen (secondary N) is 2. The number of anilines is 4. The molecule has 30 heavy (non-hydrogen) atoms. The lowest BCUT2D eigenvalue weighted by Crippen LogP contribution is -2.29. The van der Waals surface area contributed by atoms with Crippen molar-refractivity contribution in [2.45, 2.75) is 6.42 Å². The van der Waals surface area contributed by atoms with Crippen LogP contribution in [0.5, 0.6) is 0 Å². The number of halogens is 1. The molecule has 9 nitrogen and oxygen atoms in total. The first kappa shape index (κ1) is 21.5. The minimum atomic E-state index is -0.402. The molecule has 2 heterocycles. The van der Waals surface area contributed by atoms with E-state index in [0.717, 1.165) is 18.0 Å². The van der Waals surface area contributed by atoms with E-state index in [9.17, 15) is 9.18 Å². The second-order valence-electron chi connectivity index (χ2n) is 6.83. The van der Waals surface area contributed by atoms with Crippen molar-refractivity contribution in [2.75, 3.05) is 49.8 Å². The lowest BCUT2D eigenvalue weighted by atomic mass is 10.3. The van der Waals surface area contributed by atoms with E-state index in [1.807, 2.05) is 26.0 Å². The molecule has 2 aromatic heterocycles. The average molecular weight is 431 g/mol. The number of rotatable bonds is 9. The van der Waals surface area contributed by atoms with Gasteiger partial charge in [0.25, 0.3) is 0 Å². The molecule has 11 heteroatoms. The van der Waals surface area contributed by atoms with E-state index in [2.05, 4.69) is 35.5 Å². The Labute approximate surface area is 178 Å². The molecule has 2 N–H and O–H groups in total. The Kier molecular flexibility index (Phi) is 7.20. The zero-order valence-electron chi connectivity index (χ0n) is 17.0. The first-order valence-corrected chi connectivity index (χ1v) is 10.0. The van der Waals surface area contributed by atoms with Crippen LogP contribution >= 0.6 is 11.3 Å². The number of aromatic nitrogens is 4. The molecule has 0 saturated carbocycles. The molecule has 0 aliphatic heterocycles. The summed E-state index contributed by atoms with van der Waals surface area (Å²) in [4.78, 5) is 33.9. The van der Waals surface area contributed by atoms with E-state index in [0.29, 0.717) is 22.7 Å². The monoisotopic (exact) mass is 430 g/mol. The van der Waals surface area contributed by atoms with Gasteiger partial charge in [-0.3, -0.25) is 10.1 Å². The zero-order valence-corrected chi connectivity index (χ0v) is 17.8. The van der Waals surface area contributed by atoms with Crippen molar-refractivity contribution in [1.29, 1.82) is 0 Å². The molecule has 0 aliphatic carbocycles. The Morgan fingerprint density at radius 1 is 1.17 bits per heavy atom. The van der Waals surface area contributed by atoms with Gasteiger partial charge in [0, 0.05) is 36.9 Å². The van der Waals surface area contributed by atoms with Gasteiger partial charge in [0.2, 0.25) is 17.8 Å². The Hall–Kier alpha value is -3.18. The minimum Gasteiger partial charge on any atom is -0.342 e. The number of thiazole rings is 1. The van der Waals surface area contributed by atoms with Crippen molar-refractivity contribution >= 4 is 40.0 Å². The van der Waals surface area contributed by atoms with Crippen LogP contribution in [0.3, 0.4) is 0 Å². The molecule has 0 fully saturated rings. The fourth-order valence-corrected chi connectivity index (χ4v) is 3.26.